The maximum Gasteiger partial charge on any atom is 0.232 e. The molecule has 0 amide bonds. The molecule has 4 fully saturated rings. The molecule has 1 aliphatic carbocycles. The number of para-hydroxylation sites is 1. The van der Waals surface area contributed by atoms with E-state index in [2.05, 4.69) is 23.1 Å². The first-order chi connectivity index (χ1) is 18.6. The number of thioether (sulfide) groups is 1. The van der Waals surface area contributed by atoms with Crippen LogP contribution in [-0.2, 0) is 14.2 Å². The van der Waals surface area contributed by atoms with Crippen molar-refractivity contribution in [3.63, 3.8) is 0 Å². The van der Waals surface area contributed by atoms with Crippen molar-refractivity contribution in [2.24, 2.45) is 5.41 Å². The van der Waals surface area contributed by atoms with E-state index < -0.39 is 17.5 Å². The molecule has 2 aromatic rings. The Hall–Kier alpha value is -2.03. The zero-order valence-corrected chi connectivity index (χ0v) is 22.6. The molecule has 2 aromatic carbocycles. The Balaban J connectivity index is 1.24. The van der Waals surface area contributed by atoms with E-state index in [0.717, 1.165) is 48.6 Å². The molecule has 0 N–H and O–H groups in total. The molecule has 198 valence electrons. The first kappa shape index (κ1) is 23.8. The van der Waals surface area contributed by atoms with Crippen LogP contribution in [0.1, 0.15) is 53.9 Å². The molecule has 3 saturated heterocycles. The summed E-state index contributed by atoms with van der Waals surface area (Å²) in [6, 6.07) is 15.5. The summed E-state index contributed by atoms with van der Waals surface area (Å²) in [5, 5.41) is 0.687. The number of ether oxygens (including phenoxy) is 4. The number of carbonyl (C=O) groups excluding carboxylic acids is 1. The van der Waals surface area contributed by atoms with E-state index >= 15 is 0 Å². The van der Waals surface area contributed by atoms with Gasteiger partial charge in [0.05, 0.1) is 17.0 Å². The van der Waals surface area contributed by atoms with E-state index in [1.54, 1.807) is 0 Å². The average Bonchev–Trinajstić information content (AvgIpc) is 3.67. The van der Waals surface area contributed by atoms with E-state index in [1.165, 1.54) is 6.42 Å². The van der Waals surface area contributed by atoms with E-state index in [4.69, 9.17) is 30.5 Å². The maximum atomic E-state index is 14.7. The minimum atomic E-state index is -0.846. The van der Waals surface area contributed by atoms with Gasteiger partial charge < -0.3 is 18.9 Å². The first-order valence-electron chi connectivity index (χ1n) is 13.7. The number of rotatable bonds is 2. The van der Waals surface area contributed by atoms with Crippen molar-refractivity contribution in [3.05, 3.63) is 76.5 Å². The van der Waals surface area contributed by atoms with Gasteiger partial charge in [0.2, 0.25) is 6.29 Å². The van der Waals surface area contributed by atoms with Crippen molar-refractivity contribution in [3.8, 4) is 5.75 Å². The topological polar surface area (TPSA) is 57.2 Å². The van der Waals surface area contributed by atoms with Crippen molar-refractivity contribution in [2.75, 3.05) is 18.2 Å². The summed E-state index contributed by atoms with van der Waals surface area (Å²) in [5.41, 5.74) is 0.906. The van der Waals surface area contributed by atoms with Crippen molar-refractivity contribution >= 4 is 29.1 Å². The Labute approximate surface area is 231 Å². The van der Waals surface area contributed by atoms with Crippen LogP contribution in [-0.4, -0.2) is 59.2 Å². The Kier molecular flexibility index (Phi) is 5.48. The highest BCUT2D eigenvalue weighted by molar-refractivity contribution is 7.99. The third-order valence-electron chi connectivity index (χ3n) is 9.38. The van der Waals surface area contributed by atoms with Crippen molar-refractivity contribution in [1.82, 2.24) is 4.90 Å². The van der Waals surface area contributed by atoms with Crippen LogP contribution in [0.5, 0.6) is 5.75 Å². The smallest absolute Gasteiger partial charge is 0.232 e. The van der Waals surface area contributed by atoms with Crippen LogP contribution in [0.3, 0.4) is 0 Å². The van der Waals surface area contributed by atoms with Gasteiger partial charge >= 0.3 is 0 Å². The number of nitrogens with zero attached hydrogens (tertiary/aromatic N) is 1. The summed E-state index contributed by atoms with van der Waals surface area (Å²) >= 11 is 8.19. The van der Waals surface area contributed by atoms with Crippen molar-refractivity contribution in [2.45, 2.75) is 68.3 Å². The van der Waals surface area contributed by atoms with Gasteiger partial charge in [-0.15, -0.1) is 11.8 Å². The minimum absolute atomic E-state index is 0.0721. The predicted molar refractivity (Wildman–Crippen MR) is 144 cm³/mol. The lowest BCUT2D eigenvalue weighted by atomic mass is 9.63. The Bertz CT molecular complexity index is 1310. The van der Waals surface area contributed by atoms with E-state index in [0.29, 0.717) is 22.9 Å². The van der Waals surface area contributed by atoms with Gasteiger partial charge in [0.25, 0.3) is 0 Å². The Morgan fingerprint density at radius 3 is 2.63 bits per heavy atom. The van der Waals surface area contributed by atoms with Gasteiger partial charge in [-0.05, 0) is 48.7 Å². The summed E-state index contributed by atoms with van der Waals surface area (Å²) in [4.78, 5) is 17.2. The predicted octanol–water partition coefficient (Wildman–Crippen LogP) is 5.76. The number of carbonyl (C=O) groups is 1. The number of hydrogen-bond donors (Lipinski definition) is 0. The molecule has 6 atom stereocenters. The summed E-state index contributed by atoms with van der Waals surface area (Å²) in [5.74, 6) is 2.74. The number of hydrogen-bond acceptors (Lipinski definition) is 7. The van der Waals surface area contributed by atoms with Crippen molar-refractivity contribution < 1.29 is 23.7 Å². The number of benzene rings is 2. The SMILES string of the molecule is O=C1c2ccccc2OC[C@@]12[C@@H](c1ccc(Cl)cc1)[C@H]1CSCN1[C@@H]2C1=C[C@@H]2OC3(CCCCC3)O[C@@H]2O1. The average molecular weight is 552 g/mol. The summed E-state index contributed by atoms with van der Waals surface area (Å²) < 4.78 is 26.0. The first-order valence-corrected chi connectivity index (χ1v) is 15.2. The fraction of sp³-hybridized carbons (Fsp3) is 0.500. The monoisotopic (exact) mass is 551 g/mol. The van der Waals surface area contributed by atoms with Gasteiger partial charge in [0.15, 0.2) is 11.6 Å². The molecular weight excluding hydrogens is 522 g/mol. The molecule has 1 saturated carbocycles. The van der Waals surface area contributed by atoms with Gasteiger partial charge in [-0.3, -0.25) is 9.69 Å². The highest BCUT2D eigenvalue weighted by atomic mass is 35.5. The van der Waals surface area contributed by atoms with Crippen LogP contribution in [0, 0.1) is 5.41 Å². The summed E-state index contributed by atoms with van der Waals surface area (Å²) in [6.45, 7) is 0.292. The lowest BCUT2D eigenvalue weighted by molar-refractivity contribution is -0.221. The second-order valence-corrected chi connectivity index (χ2v) is 12.8. The van der Waals surface area contributed by atoms with Crippen LogP contribution in [0.25, 0.3) is 0 Å². The largest absolute Gasteiger partial charge is 0.492 e. The van der Waals surface area contributed by atoms with Gasteiger partial charge in [0, 0.05) is 41.5 Å². The lowest BCUT2D eigenvalue weighted by Crippen LogP contribution is -2.53. The normalized spacial score (nSPS) is 37.0. The Morgan fingerprint density at radius 2 is 1.82 bits per heavy atom. The standard InChI is InChI=1S/C30H30ClNO5S/c31-19-10-8-18(9-11-19)25-21-15-38-17-32(21)26(30(25)16-34-22-7-3-2-6-20(22)27(30)33)23-14-24-28(35-23)37-29(36-24)12-4-1-5-13-29/h2-3,6-11,14,21,24-26,28H,1,4-5,12-13,15-17H2/t21-,24+,25+,26-,28+,30+/m1/s1. The zero-order valence-electron chi connectivity index (χ0n) is 21.0. The summed E-state index contributed by atoms with van der Waals surface area (Å²) in [6.07, 6.45) is 6.65. The molecule has 6 aliphatic rings. The second kappa shape index (κ2) is 8.73. The third-order valence-corrected chi connectivity index (χ3v) is 10.7. The number of halogens is 1. The molecule has 5 heterocycles. The van der Waals surface area contributed by atoms with E-state index in [1.807, 2.05) is 48.2 Å². The van der Waals surface area contributed by atoms with Gasteiger partial charge in [-0.25, -0.2) is 0 Å². The van der Waals surface area contributed by atoms with Gasteiger partial charge in [-0.2, -0.15) is 0 Å². The lowest BCUT2D eigenvalue weighted by Gasteiger charge is -2.43. The van der Waals surface area contributed by atoms with E-state index in [-0.39, 0.29) is 29.9 Å². The van der Waals surface area contributed by atoms with Gasteiger partial charge in [-0.1, -0.05) is 42.3 Å². The van der Waals surface area contributed by atoms with E-state index in [9.17, 15) is 4.79 Å². The molecule has 0 bridgehead atoms. The summed E-state index contributed by atoms with van der Waals surface area (Å²) in [7, 11) is 0. The van der Waals surface area contributed by atoms with Crippen LogP contribution < -0.4 is 4.74 Å². The van der Waals surface area contributed by atoms with Gasteiger partial charge in [0.1, 0.15) is 24.2 Å². The van der Waals surface area contributed by atoms with Crippen molar-refractivity contribution in [1.29, 1.82) is 0 Å². The molecular formula is C30H30ClNO5S. The fourth-order valence-electron chi connectivity index (χ4n) is 7.80. The highest BCUT2D eigenvalue weighted by Gasteiger charge is 2.69. The number of ketones is 1. The second-order valence-electron chi connectivity index (χ2n) is 11.4. The molecule has 0 radical (unpaired) electrons. The molecule has 6 nitrogen and oxygen atoms in total. The quantitative estimate of drug-likeness (QED) is 0.470. The molecule has 8 heteroatoms. The van der Waals surface area contributed by atoms with Crippen LogP contribution in [0.15, 0.2) is 60.4 Å². The highest BCUT2D eigenvalue weighted by Crippen LogP contribution is 2.61. The molecule has 0 aromatic heterocycles. The van der Waals surface area contributed by atoms with Crippen LogP contribution in [0.2, 0.25) is 5.02 Å². The molecule has 38 heavy (non-hydrogen) atoms. The minimum Gasteiger partial charge on any atom is -0.492 e. The number of Topliss-reactive ketones (excluding diaryl/α,β-unsaturated/α-hetero) is 1. The maximum absolute atomic E-state index is 14.7. The molecule has 8 rings (SSSR count). The molecule has 5 aliphatic heterocycles. The third kappa shape index (κ3) is 3.35. The Morgan fingerprint density at radius 1 is 1.00 bits per heavy atom. The molecule has 2 spiro atoms. The zero-order chi connectivity index (χ0) is 25.5. The molecule has 0 unspecified atom stereocenters. The van der Waals surface area contributed by atoms with Crippen LogP contribution in [0.4, 0.5) is 0 Å². The van der Waals surface area contributed by atoms with Crippen LogP contribution >= 0.6 is 23.4 Å². The fourth-order valence-corrected chi connectivity index (χ4v) is 9.21. The number of fused-ring (bicyclic) bond motifs is 3.